The van der Waals surface area contributed by atoms with Gasteiger partial charge in [-0.1, -0.05) is 0 Å². The number of hydrogen-bond acceptors (Lipinski definition) is 5. The molecule has 0 bridgehead atoms. The van der Waals surface area contributed by atoms with Gasteiger partial charge in [0.15, 0.2) is 0 Å². The van der Waals surface area contributed by atoms with Gasteiger partial charge in [-0.25, -0.2) is 8.42 Å². The van der Waals surface area contributed by atoms with Crippen molar-refractivity contribution in [3.8, 4) is 6.07 Å². The molecule has 0 fully saturated rings. The Morgan fingerprint density at radius 1 is 1.14 bits per heavy atom. The summed E-state index contributed by atoms with van der Waals surface area (Å²) in [6.45, 7) is 2.22. The summed E-state index contributed by atoms with van der Waals surface area (Å²) >= 11 is 1.45. The summed E-state index contributed by atoms with van der Waals surface area (Å²) in [6, 6.07) is 12.9. The molecule has 0 aliphatic rings. The Kier molecular flexibility index (Phi) is 4.83. The molecule has 2 aromatic rings. The minimum atomic E-state index is -3.24. The normalized spacial score (nSPS) is 10.9. The van der Waals surface area contributed by atoms with Crippen molar-refractivity contribution in [2.24, 2.45) is 0 Å². The Morgan fingerprint density at radius 2 is 1.81 bits per heavy atom. The molecule has 2 rings (SSSR count). The van der Waals surface area contributed by atoms with Crippen molar-refractivity contribution in [2.75, 3.05) is 15.8 Å². The standard InChI is InChI=1S/C14H15N3O2S2/c1-2-21(18,19)17-12-5-3-11(4-6-12)16-10-14-8-7-13(9-15)20-14/h3-8,16-17H,2,10H2,1H3. The van der Waals surface area contributed by atoms with Crippen LogP contribution in [-0.2, 0) is 16.6 Å². The second-order valence-electron chi connectivity index (χ2n) is 4.31. The molecule has 0 saturated heterocycles. The maximum absolute atomic E-state index is 11.4. The van der Waals surface area contributed by atoms with E-state index in [9.17, 15) is 8.42 Å². The summed E-state index contributed by atoms with van der Waals surface area (Å²) in [4.78, 5) is 1.76. The van der Waals surface area contributed by atoms with Gasteiger partial charge in [-0.3, -0.25) is 4.72 Å². The summed E-state index contributed by atoms with van der Waals surface area (Å²) in [7, 11) is -3.24. The molecule has 110 valence electrons. The van der Waals surface area contributed by atoms with Gasteiger partial charge in [-0.15, -0.1) is 11.3 Å². The Balaban J connectivity index is 1.95. The number of benzene rings is 1. The smallest absolute Gasteiger partial charge is 0.232 e. The van der Waals surface area contributed by atoms with Crippen LogP contribution in [0.4, 0.5) is 11.4 Å². The predicted molar refractivity (Wildman–Crippen MR) is 85.9 cm³/mol. The fourth-order valence-corrected chi connectivity index (χ4v) is 3.01. The Hall–Kier alpha value is -2.04. The quantitative estimate of drug-likeness (QED) is 0.857. The van der Waals surface area contributed by atoms with Crippen molar-refractivity contribution in [3.05, 3.63) is 46.2 Å². The van der Waals surface area contributed by atoms with E-state index in [1.807, 2.05) is 18.2 Å². The third kappa shape index (κ3) is 4.48. The number of rotatable bonds is 6. The van der Waals surface area contributed by atoms with Crippen LogP contribution in [0.2, 0.25) is 0 Å². The van der Waals surface area contributed by atoms with Crippen LogP contribution in [0.25, 0.3) is 0 Å². The molecule has 0 atom stereocenters. The fourth-order valence-electron chi connectivity index (χ4n) is 1.63. The molecule has 1 heterocycles. The topological polar surface area (TPSA) is 82.0 Å². The minimum absolute atomic E-state index is 0.0482. The zero-order valence-corrected chi connectivity index (χ0v) is 13.1. The van der Waals surface area contributed by atoms with Gasteiger partial charge >= 0.3 is 0 Å². The molecule has 0 aliphatic heterocycles. The highest BCUT2D eigenvalue weighted by molar-refractivity contribution is 7.92. The lowest BCUT2D eigenvalue weighted by Gasteiger charge is -2.08. The molecule has 2 N–H and O–H groups in total. The molecule has 5 nitrogen and oxygen atoms in total. The molecule has 0 radical (unpaired) electrons. The van der Waals surface area contributed by atoms with Gasteiger partial charge in [0.25, 0.3) is 0 Å². The van der Waals surface area contributed by atoms with Gasteiger partial charge in [-0.2, -0.15) is 5.26 Å². The van der Waals surface area contributed by atoms with E-state index < -0.39 is 10.0 Å². The van der Waals surface area contributed by atoms with Crippen molar-refractivity contribution in [3.63, 3.8) is 0 Å². The Labute approximate surface area is 128 Å². The van der Waals surface area contributed by atoms with Crippen LogP contribution >= 0.6 is 11.3 Å². The first-order valence-corrected chi connectivity index (χ1v) is 8.82. The van der Waals surface area contributed by atoms with E-state index in [-0.39, 0.29) is 5.75 Å². The van der Waals surface area contributed by atoms with Gasteiger partial charge in [0, 0.05) is 22.8 Å². The van der Waals surface area contributed by atoms with Crippen molar-refractivity contribution in [2.45, 2.75) is 13.5 Å². The van der Waals surface area contributed by atoms with E-state index in [0.717, 1.165) is 10.6 Å². The van der Waals surface area contributed by atoms with Gasteiger partial charge < -0.3 is 5.32 Å². The van der Waals surface area contributed by atoms with Crippen molar-refractivity contribution < 1.29 is 8.42 Å². The number of nitrogens with one attached hydrogen (secondary N) is 2. The zero-order chi connectivity index (χ0) is 15.3. The largest absolute Gasteiger partial charge is 0.380 e. The molecule has 1 aromatic heterocycles. The summed E-state index contributed by atoms with van der Waals surface area (Å²) in [5.41, 5.74) is 1.44. The molecular formula is C14H15N3O2S2. The van der Waals surface area contributed by atoms with Crippen LogP contribution in [0.1, 0.15) is 16.7 Å². The molecule has 7 heteroatoms. The molecule has 0 spiro atoms. The molecule has 0 saturated carbocycles. The number of hydrogen-bond donors (Lipinski definition) is 2. The minimum Gasteiger partial charge on any atom is -0.380 e. The second-order valence-corrected chi connectivity index (χ2v) is 7.49. The average Bonchev–Trinajstić information content (AvgIpc) is 2.94. The van der Waals surface area contributed by atoms with Crippen LogP contribution in [0.3, 0.4) is 0 Å². The first-order chi connectivity index (χ1) is 10.0. The van der Waals surface area contributed by atoms with Gasteiger partial charge in [0.2, 0.25) is 10.0 Å². The highest BCUT2D eigenvalue weighted by Crippen LogP contribution is 2.19. The SMILES string of the molecule is CCS(=O)(=O)Nc1ccc(NCc2ccc(C#N)s2)cc1. The van der Waals surface area contributed by atoms with E-state index in [4.69, 9.17) is 5.26 Å². The predicted octanol–water partition coefficient (Wildman–Crippen LogP) is 2.99. The molecule has 0 amide bonds. The van der Waals surface area contributed by atoms with Gasteiger partial charge in [0.05, 0.1) is 5.75 Å². The third-order valence-corrected chi connectivity index (χ3v) is 5.07. The molecule has 0 aliphatic carbocycles. The van der Waals surface area contributed by atoms with Crippen molar-refractivity contribution >= 4 is 32.7 Å². The molecule has 21 heavy (non-hydrogen) atoms. The highest BCUT2D eigenvalue weighted by atomic mass is 32.2. The van der Waals surface area contributed by atoms with Crippen molar-refractivity contribution in [1.29, 1.82) is 5.26 Å². The lowest BCUT2D eigenvalue weighted by molar-refractivity contribution is 0.602. The molecular weight excluding hydrogens is 306 g/mol. The lowest BCUT2D eigenvalue weighted by atomic mass is 10.3. The third-order valence-electron chi connectivity index (χ3n) is 2.78. The summed E-state index contributed by atoms with van der Waals surface area (Å²) < 4.78 is 25.4. The Morgan fingerprint density at radius 3 is 2.38 bits per heavy atom. The fraction of sp³-hybridized carbons (Fsp3) is 0.214. The first-order valence-electron chi connectivity index (χ1n) is 6.35. The van der Waals surface area contributed by atoms with Crippen LogP contribution in [-0.4, -0.2) is 14.2 Å². The maximum atomic E-state index is 11.4. The maximum Gasteiger partial charge on any atom is 0.232 e. The van der Waals surface area contributed by atoms with Gasteiger partial charge in [0.1, 0.15) is 10.9 Å². The van der Waals surface area contributed by atoms with Crippen LogP contribution in [0.5, 0.6) is 0 Å². The van der Waals surface area contributed by atoms with Crippen molar-refractivity contribution in [1.82, 2.24) is 0 Å². The number of thiophene rings is 1. The second kappa shape index (κ2) is 6.61. The van der Waals surface area contributed by atoms with Gasteiger partial charge in [-0.05, 0) is 43.3 Å². The lowest BCUT2D eigenvalue weighted by Crippen LogP contribution is -2.14. The van der Waals surface area contributed by atoms with Crippen LogP contribution in [0, 0.1) is 11.3 Å². The molecule has 0 unspecified atom stereocenters. The highest BCUT2D eigenvalue weighted by Gasteiger charge is 2.06. The number of sulfonamides is 1. The monoisotopic (exact) mass is 321 g/mol. The number of anilines is 2. The number of nitriles is 1. The summed E-state index contributed by atoms with van der Waals surface area (Å²) in [6.07, 6.45) is 0. The van der Waals surface area contributed by atoms with E-state index in [1.165, 1.54) is 11.3 Å². The van der Waals surface area contributed by atoms with E-state index in [2.05, 4.69) is 16.1 Å². The Bertz CT molecular complexity index is 743. The first kappa shape index (κ1) is 15.4. The summed E-state index contributed by atoms with van der Waals surface area (Å²) in [5.74, 6) is 0.0482. The average molecular weight is 321 g/mol. The summed E-state index contributed by atoms with van der Waals surface area (Å²) in [5, 5.41) is 12.0. The van der Waals surface area contributed by atoms with E-state index >= 15 is 0 Å². The zero-order valence-electron chi connectivity index (χ0n) is 11.5. The molecule has 1 aromatic carbocycles. The number of nitrogens with zero attached hydrogens (tertiary/aromatic N) is 1. The van der Waals surface area contributed by atoms with Crippen LogP contribution < -0.4 is 10.0 Å². The van der Waals surface area contributed by atoms with E-state index in [1.54, 1.807) is 25.1 Å². The van der Waals surface area contributed by atoms with E-state index in [0.29, 0.717) is 17.1 Å². The van der Waals surface area contributed by atoms with Crippen LogP contribution in [0.15, 0.2) is 36.4 Å².